The van der Waals surface area contributed by atoms with Crippen LogP contribution in [-0.2, 0) is 13.6 Å². The lowest BCUT2D eigenvalue weighted by atomic mass is 10.2. The summed E-state index contributed by atoms with van der Waals surface area (Å²) in [5.41, 5.74) is -0.934. The average molecular weight is 536 g/mol. The van der Waals surface area contributed by atoms with E-state index in [9.17, 15) is 9.59 Å². The Labute approximate surface area is 196 Å². The van der Waals surface area contributed by atoms with Gasteiger partial charge in [-0.3, -0.25) is 14.3 Å². The standard InChI is InChI=1S/C21H39BrN2O5Si2/c1-20(2,3)30(7,8)27-13-14-17(29-31(9,10)21(4,5)6)16(22)18(28-14)24-12-11-15(25)23-19(24)26/h11-12,14,16-18H,13H2,1-10H3,(H,23,25,26)/t14-,16+,17-,18-/m1/s1. The van der Waals surface area contributed by atoms with Crippen molar-refractivity contribution in [3.8, 4) is 0 Å². The third-order valence-electron chi connectivity index (χ3n) is 7.04. The number of halogens is 1. The number of nitrogens with zero attached hydrogens (tertiary/aromatic N) is 1. The van der Waals surface area contributed by atoms with Crippen LogP contribution in [-0.4, -0.2) is 49.8 Å². The van der Waals surface area contributed by atoms with Crippen LogP contribution in [0.5, 0.6) is 0 Å². The molecule has 0 radical (unpaired) electrons. The van der Waals surface area contributed by atoms with Gasteiger partial charge in [-0.05, 0) is 36.3 Å². The summed E-state index contributed by atoms with van der Waals surface area (Å²) in [6.07, 6.45) is 0.249. The van der Waals surface area contributed by atoms with E-state index in [1.54, 1.807) is 0 Å². The van der Waals surface area contributed by atoms with E-state index in [0.29, 0.717) is 6.61 Å². The lowest BCUT2D eigenvalue weighted by Gasteiger charge is -2.41. The van der Waals surface area contributed by atoms with Crippen LogP contribution in [0.25, 0.3) is 0 Å². The zero-order valence-electron chi connectivity index (χ0n) is 20.5. The van der Waals surface area contributed by atoms with Crippen molar-refractivity contribution in [1.82, 2.24) is 9.55 Å². The maximum Gasteiger partial charge on any atom is 0.330 e. The lowest BCUT2D eigenvalue weighted by Crippen LogP contribution is -2.50. The number of hydrogen-bond acceptors (Lipinski definition) is 5. The van der Waals surface area contributed by atoms with E-state index < -0.39 is 34.1 Å². The molecule has 10 heteroatoms. The second-order valence-corrected chi connectivity index (χ2v) is 22.1. The van der Waals surface area contributed by atoms with Crippen LogP contribution in [0.2, 0.25) is 36.3 Å². The number of nitrogens with one attached hydrogen (secondary N) is 1. The molecule has 1 aromatic heterocycles. The third-order valence-corrected chi connectivity index (χ3v) is 17.0. The van der Waals surface area contributed by atoms with E-state index in [4.69, 9.17) is 13.6 Å². The van der Waals surface area contributed by atoms with E-state index in [0.717, 1.165) is 0 Å². The smallest absolute Gasteiger partial charge is 0.330 e. The van der Waals surface area contributed by atoms with Gasteiger partial charge in [-0.2, -0.15) is 0 Å². The van der Waals surface area contributed by atoms with Gasteiger partial charge in [-0.1, -0.05) is 57.5 Å². The number of hydrogen-bond donors (Lipinski definition) is 1. The molecule has 0 spiro atoms. The summed E-state index contributed by atoms with van der Waals surface area (Å²) in [4.78, 5) is 26.0. The summed E-state index contributed by atoms with van der Waals surface area (Å²) < 4.78 is 21.0. The Bertz CT molecular complexity index is 885. The van der Waals surface area contributed by atoms with E-state index in [1.165, 1.54) is 16.8 Å². The largest absolute Gasteiger partial charge is 0.414 e. The molecule has 0 aliphatic carbocycles. The summed E-state index contributed by atoms with van der Waals surface area (Å²) >= 11 is 3.76. The van der Waals surface area contributed by atoms with Gasteiger partial charge in [0.05, 0.1) is 17.5 Å². The maximum absolute atomic E-state index is 12.4. The van der Waals surface area contributed by atoms with Crippen LogP contribution < -0.4 is 11.2 Å². The molecule has 0 saturated carbocycles. The van der Waals surface area contributed by atoms with Crippen LogP contribution >= 0.6 is 15.9 Å². The van der Waals surface area contributed by atoms with Crippen molar-refractivity contribution in [2.45, 2.75) is 101 Å². The van der Waals surface area contributed by atoms with Crippen molar-refractivity contribution < 1.29 is 13.6 Å². The van der Waals surface area contributed by atoms with Crippen molar-refractivity contribution in [1.29, 1.82) is 0 Å². The highest BCUT2D eigenvalue weighted by atomic mass is 79.9. The third kappa shape index (κ3) is 5.89. The number of rotatable bonds is 6. The summed E-state index contributed by atoms with van der Waals surface area (Å²) in [5, 5.41) is 0.0991. The molecule has 1 aromatic rings. The van der Waals surface area contributed by atoms with Gasteiger partial charge in [-0.15, -0.1) is 0 Å². The fourth-order valence-corrected chi connectivity index (χ4v) is 6.22. The molecule has 2 rings (SSSR count). The van der Waals surface area contributed by atoms with E-state index in [-0.39, 0.29) is 27.1 Å². The van der Waals surface area contributed by atoms with Crippen LogP contribution in [0, 0.1) is 0 Å². The first-order valence-corrected chi connectivity index (χ1v) is 17.5. The van der Waals surface area contributed by atoms with Gasteiger partial charge in [0.1, 0.15) is 6.10 Å². The molecule has 0 bridgehead atoms. The van der Waals surface area contributed by atoms with Gasteiger partial charge in [0.25, 0.3) is 5.56 Å². The van der Waals surface area contributed by atoms with Gasteiger partial charge >= 0.3 is 5.69 Å². The predicted molar refractivity (Wildman–Crippen MR) is 133 cm³/mol. The van der Waals surface area contributed by atoms with Crippen LogP contribution in [0.1, 0.15) is 47.8 Å². The summed E-state index contributed by atoms with van der Waals surface area (Å²) in [5.74, 6) is 0. The molecule has 1 aliphatic rings. The Morgan fingerprint density at radius 2 is 1.61 bits per heavy atom. The highest BCUT2D eigenvalue weighted by Crippen LogP contribution is 2.44. The lowest BCUT2D eigenvalue weighted by molar-refractivity contribution is -0.0409. The van der Waals surface area contributed by atoms with Crippen molar-refractivity contribution in [3.63, 3.8) is 0 Å². The molecule has 7 nitrogen and oxygen atoms in total. The van der Waals surface area contributed by atoms with Crippen molar-refractivity contribution in [2.24, 2.45) is 0 Å². The van der Waals surface area contributed by atoms with Gasteiger partial charge in [0.15, 0.2) is 22.9 Å². The summed E-state index contributed by atoms with van der Waals surface area (Å²) in [6, 6.07) is 1.33. The molecule has 0 amide bonds. The first kappa shape index (κ1) is 26.7. The molecular formula is C21H39BrN2O5Si2. The number of alkyl halides is 1. The topological polar surface area (TPSA) is 82.5 Å². The minimum atomic E-state index is -2.12. The fraction of sp³-hybridized carbons (Fsp3) is 0.810. The van der Waals surface area contributed by atoms with Gasteiger partial charge in [0, 0.05) is 12.3 Å². The molecular weight excluding hydrogens is 496 g/mol. The van der Waals surface area contributed by atoms with Crippen molar-refractivity contribution in [3.05, 3.63) is 33.1 Å². The Balaban J connectivity index is 2.37. The predicted octanol–water partition coefficient (Wildman–Crippen LogP) is 4.61. The van der Waals surface area contributed by atoms with Gasteiger partial charge in [0.2, 0.25) is 0 Å². The normalized spacial score (nSPS) is 25.8. The van der Waals surface area contributed by atoms with Crippen LogP contribution in [0.3, 0.4) is 0 Å². The van der Waals surface area contributed by atoms with E-state index in [2.05, 4.69) is 88.6 Å². The number of ether oxygens (including phenoxy) is 1. The zero-order valence-corrected chi connectivity index (χ0v) is 24.1. The molecule has 2 heterocycles. The second kappa shape index (κ2) is 9.02. The zero-order chi connectivity index (χ0) is 24.0. The summed E-state index contributed by atoms with van der Waals surface area (Å²) in [7, 11) is -4.11. The summed E-state index contributed by atoms with van der Waals surface area (Å²) in [6.45, 7) is 22.4. The number of aromatic amines is 1. The minimum absolute atomic E-state index is 0.0253. The van der Waals surface area contributed by atoms with E-state index >= 15 is 0 Å². The van der Waals surface area contributed by atoms with Gasteiger partial charge in [-0.25, -0.2) is 4.79 Å². The molecule has 4 atom stereocenters. The first-order valence-electron chi connectivity index (χ1n) is 10.8. The Morgan fingerprint density at radius 3 is 2.10 bits per heavy atom. The van der Waals surface area contributed by atoms with Crippen LogP contribution in [0.4, 0.5) is 0 Å². The second-order valence-electron chi connectivity index (χ2n) is 11.4. The SMILES string of the molecule is CC(C)(C)[Si](C)(C)OC[C@H]1O[C@@H](n2ccc(=O)[nH]c2=O)[C@@H](Br)[C@@H]1O[Si](C)(C)C(C)(C)C. The van der Waals surface area contributed by atoms with Crippen LogP contribution in [0.15, 0.2) is 21.9 Å². The Morgan fingerprint density at radius 1 is 1.06 bits per heavy atom. The monoisotopic (exact) mass is 534 g/mol. The number of aromatic nitrogens is 2. The highest BCUT2D eigenvalue weighted by molar-refractivity contribution is 9.09. The molecule has 1 fully saturated rings. The maximum atomic E-state index is 12.4. The highest BCUT2D eigenvalue weighted by Gasteiger charge is 2.51. The minimum Gasteiger partial charge on any atom is -0.414 e. The van der Waals surface area contributed by atoms with Crippen molar-refractivity contribution >= 4 is 32.6 Å². The van der Waals surface area contributed by atoms with E-state index in [1.807, 2.05) is 0 Å². The molecule has 31 heavy (non-hydrogen) atoms. The van der Waals surface area contributed by atoms with Gasteiger partial charge < -0.3 is 13.6 Å². The molecule has 0 unspecified atom stereocenters. The quantitative estimate of drug-likeness (QED) is 0.425. The Hall–Kier alpha value is -0.526. The molecule has 1 saturated heterocycles. The molecule has 1 aliphatic heterocycles. The molecule has 178 valence electrons. The van der Waals surface area contributed by atoms with Crippen molar-refractivity contribution in [2.75, 3.05) is 6.61 Å². The average Bonchev–Trinajstić information content (AvgIpc) is 2.87. The number of H-pyrrole nitrogens is 1. The fourth-order valence-electron chi connectivity index (χ4n) is 2.84. The molecule has 0 aromatic carbocycles. The molecule has 1 N–H and O–H groups in total. The Kier molecular flexibility index (Phi) is 7.77. The first-order chi connectivity index (χ1) is 13.9.